The van der Waals surface area contributed by atoms with E-state index in [4.69, 9.17) is 16.3 Å². The van der Waals surface area contributed by atoms with Gasteiger partial charge in [0, 0.05) is 16.4 Å². The van der Waals surface area contributed by atoms with Gasteiger partial charge in [-0.15, -0.1) is 10.2 Å². The maximum absolute atomic E-state index is 12.6. The summed E-state index contributed by atoms with van der Waals surface area (Å²) in [6, 6.07) is 23.4. The molecule has 1 unspecified atom stereocenters. The number of amides is 1. The van der Waals surface area contributed by atoms with Crippen LogP contribution in [0.5, 0.6) is 5.75 Å². The first-order valence-electron chi connectivity index (χ1n) is 11.8. The predicted molar refractivity (Wildman–Crippen MR) is 146 cm³/mol. The Morgan fingerprint density at radius 2 is 1.75 bits per heavy atom. The molecule has 0 fully saturated rings. The van der Waals surface area contributed by atoms with Crippen LogP contribution in [0, 0.1) is 6.92 Å². The van der Waals surface area contributed by atoms with E-state index in [-0.39, 0.29) is 17.8 Å². The first-order valence-corrected chi connectivity index (χ1v) is 13.1. The molecule has 1 amide bonds. The zero-order valence-corrected chi connectivity index (χ0v) is 22.3. The van der Waals surface area contributed by atoms with Crippen molar-refractivity contribution in [1.82, 2.24) is 14.8 Å². The van der Waals surface area contributed by atoms with Crippen LogP contribution in [0.4, 0.5) is 5.69 Å². The van der Waals surface area contributed by atoms with Gasteiger partial charge in [-0.1, -0.05) is 73.6 Å². The van der Waals surface area contributed by atoms with Crippen molar-refractivity contribution >= 4 is 35.0 Å². The van der Waals surface area contributed by atoms with Gasteiger partial charge in [0.05, 0.1) is 5.75 Å². The lowest BCUT2D eigenvalue weighted by Crippen LogP contribution is -2.15. The molecule has 1 N–H and O–H groups in total. The number of anilines is 1. The molecule has 4 rings (SSSR count). The number of carbonyl (C=O) groups is 1. The third kappa shape index (κ3) is 6.28. The van der Waals surface area contributed by atoms with E-state index in [2.05, 4.69) is 41.5 Å². The molecule has 4 aromatic rings. The number of thioether (sulfide) groups is 1. The highest BCUT2D eigenvalue weighted by atomic mass is 35.5. The van der Waals surface area contributed by atoms with E-state index in [9.17, 15) is 4.79 Å². The van der Waals surface area contributed by atoms with Gasteiger partial charge >= 0.3 is 0 Å². The summed E-state index contributed by atoms with van der Waals surface area (Å²) in [6.45, 7) is 8.19. The summed E-state index contributed by atoms with van der Waals surface area (Å²) in [5.41, 5.74) is 3.77. The van der Waals surface area contributed by atoms with Crippen molar-refractivity contribution in [3.05, 3.63) is 94.8 Å². The van der Waals surface area contributed by atoms with E-state index in [1.54, 1.807) is 6.07 Å². The maximum atomic E-state index is 12.6. The first kappa shape index (κ1) is 25.8. The number of aryl methyl sites for hydroxylation is 1. The standard InChI is InChI=1S/C28H29ClN4O2S/c1-18(2)21-11-14-24(15-12-21)35-20(4)27-31-32-28(33(27)23-8-6-5-7-9-23)36-17-26(34)30-22-13-10-19(3)25(29)16-22/h5-16,18,20H,17H2,1-4H3,(H,30,34). The number of hydrogen-bond donors (Lipinski definition) is 1. The van der Waals surface area contributed by atoms with Crippen LogP contribution in [-0.2, 0) is 4.79 Å². The highest BCUT2D eigenvalue weighted by Crippen LogP contribution is 2.29. The van der Waals surface area contributed by atoms with Crippen molar-refractivity contribution in [2.75, 3.05) is 11.1 Å². The van der Waals surface area contributed by atoms with Gasteiger partial charge in [0.25, 0.3) is 0 Å². The van der Waals surface area contributed by atoms with Gasteiger partial charge in [0.1, 0.15) is 5.75 Å². The highest BCUT2D eigenvalue weighted by Gasteiger charge is 2.22. The van der Waals surface area contributed by atoms with E-state index < -0.39 is 0 Å². The van der Waals surface area contributed by atoms with Crippen LogP contribution < -0.4 is 10.1 Å². The number of carbonyl (C=O) groups excluding carboxylic acids is 1. The van der Waals surface area contributed by atoms with Gasteiger partial charge in [0.2, 0.25) is 5.91 Å². The SMILES string of the molecule is Cc1ccc(NC(=O)CSc2nnc(C(C)Oc3ccc(C(C)C)cc3)n2-c2ccccc2)cc1Cl. The Hall–Kier alpha value is -3.29. The van der Waals surface area contributed by atoms with Gasteiger partial charge in [-0.3, -0.25) is 9.36 Å². The molecule has 0 aliphatic rings. The van der Waals surface area contributed by atoms with Crippen molar-refractivity contribution in [2.45, 2.75) is 44.9 Å². The summed E-state index contributed by atoms with van der Waals surface area (Å²) < 4.78 is 8.15. The molecule has 0 spiro atoms. The van der Waals surface area contributed by atoms with Crippen molar-refractivity contribution in [2.24, 2.45) is 0 Å². The molecule has 6 nitrogen and oxygen atoms in total. The second-order valence-electron chi connectivity index (χ2n) is 8.80. The molecule has 1 heterocycles. The fourth-order valence-electron chi connectivity index (χ4n) is 3.64. The monoisotopic (exact) mass is 520 g/mol. The largest absolute Gasteiger partial charge is 0.483 e. The number of rotatable bonds is 9. The Morgan fingerprint density at radius 3 is 2.42 bits per heavy atom. The Labute approximate surface area is 221 Å². The number of para-hydroxylation sites is 1. The minimum atomic E-state index is -0.361. The fraction of sp³-hybridized carbons (Fsp3) is 0.250. The second-order valence-corrected chi connectivity index (χ2v) is 10.1. The number of halogens is 1. The Kier molecular flexibility index (Phi) is 8.33. The minimum absolute atomic E-state index is 0.154. The molecule has 0 bridgehead atoms. The summed E-state index contributed by atoms with van der Waals surface area (Å²) in [7, 11) is 0. The van der Waals surface area contributed by atoms with Crippen LogP contribution in [-0.4, -0.2) is 26.4 Å². The van der Waals surface area contributed by atoms with Crippen LogP contribution in [0.15, 0.2) is 78.0 Å². The Balaban J connectivity index is 1.51. The van der Waals surface area contributed by atoms with Crippen LogP contribution in [0.1, 0.15) is 49.7 Å². The minimum Gasteiger partial charge on any atom is -0.483 e. The van der Waals surface area contributed by atoms with Gasteiger partial charge in [-0.2, -0.15) is 0 Å². The lowest BCUT2D eigenvalue weighted by molar-refractivity contribution is -0.113. The van der Waals surface area contributed by atoms with Gasteiger partial charge in [-0.25, -0.2) is 0 Å². The quantitative estimate of drug-likeness (QED) is 0.236. The first-order chi connectivity index (χ1) is 17.3. The third-order valence-corrected chi connectivity index (χ3v) is 7.02. The average molecular weight is 521 g/mol. The highest BCUT2D eigenvalue weighted by molar-refractivity contribution is 7.99. The van der Waals surface area contributed by atoms with Crippen LogP contribution >= 0.6 is 23.4 Å². The molecule has 1 aromatic heterocycles. The molecule has 0 aliphatic carbocycles. The van der Waals surface area contributed by atoms with E-state index >= 15 is 0 Å². The number of aromatic nitrogens is 3. The van der Waals surface area contributed by atoms with E-state index in [1.807, 2.05) is 73.0 Å². The lowest BCUT2D eigenvalue weighted by atomic mass is 10.0. The molecule has 1 atom stereocenters. The number of nitrogens with zero attached hydrogens (tertiary/aromatic N) is 3. The summed E-state index contributed by atoms with van der Waals surface area (Å²) in [6.07, 6.45) is -0.361. The van der Waals surface area contributed by atoms with Gasteiger partial charge < -0.3 is 10.1 Å². The zero-order chi connectivity index (χ0) is 25.7. The molecule has 0 aliphatic heterocycles. The van der Waals surface area contributed by atoms with Gasteiger partial charge in [-0.05, 0) is 67.3 Å². The molecular weight excluding hydrogens is 492 g/mol. The van der Waals surface area contributed by atoms with E-state index in [0.29, 0.717) is 27.6 Å². The van der Waals surface area contributed by atoms with Crippen molar-refractivity contribution in [1.29, 1.82) is 0 Å². The predicted octanol–water partition coefficient (Wildman–Crippen LogP) is 7.22. The number of hydrogen-bond acceptors (Lipinski definition) is 5. The molecule has 186 valence electrons. The number of benzene rings is 3. The van der Waals surface area contributed by atoms with Gasteiger partial charge in [0.15, 0.2) is 17.1 Å². The lowest BCUT2D eigenvalue weighted by Gasteiger charge is -2.17. The fourth-order valence-corrected chi connectivity index (χ4v) is 4.58. The van der Waals surface area contributed by atoms with Crippen LogP contribution in [0.3, 0.4) is 0 Å². The molecule has 0 radical (unpaired) electrons. The average Bonchev–Trinajstić information content (AvgIpc) is 3.30. The summed E-state index contributed by atoms with van der Waals surface area (Å²) in [5.74, 6) is 1.89. The molecule has 3 aromatic carbocycles. The third-order valence-electron chi connectivity index (χ3n) is 5.68. The van der Waals surface area contributed by atoms with E-state index in [0.717, 1.165) is 17.0 Å². The van der Waals surface area contributed by atoms with Crippen LogP contribution in [0.25, 0.3) is 5.69 Å². The van der Waals surface area contributed by atoms with E-state index in [1.165, 1.54) is 17.3 Å². The summed E-state index contributed by atoms with van der Waals surface area (Å²) in [4.78, 5) is 12.6. The summed E-state index contributed by atoms with van der Waals surface area (Å²) in [5, 5.41) is 12.9. The molecule has 8 heteroatoms. The van der Waals surface area contributed by atoms with Crippen molar-refractivity contribution < 1.29 is 9.53 Å². The maximum Gasteiger partial charge on any atom is 0.234 e. The molecular formula is C28H29ClN4O2S. The second kappa shape index (κ2) is 11.6. The molecule has 36 heavy (non-hydrogen) atoms. The van der Waals surface area contributed by atoms with Crippen molar-refractivity contribution in [3.63, 3.8) is 0 Å². The smallest absolute Gasteiger partial charge is 0.234 e. The number of nitrogens with one attached hydrogen (secondary N) is 1. The summed E-state index contributed by atoms with van der Waals surface area (Å²) >= 11 is 7.50. The number of ether oxygens (including phenoxy) is 1. The van der Waals surface area contributed by atoms with Crippen molar-refractivity contribution in [3.8, 4) is 11.4 Å². The zero-order valence-electron chi connectivity index (χ0n) is 20.7. The molecule has 0 saturated carbocycles. The molecule has 0 saturated heterocycles. The normalized spacial score (nSPS) is 11.9. The Morgan fingerprint density at radius 1 is 1.03 bits per heavy atom. The topological polar surface area (TPSA) is 69.0 Å². The van der Waals surface area contributed by atoms with Crippen LogP contribution in [0.2, 0.25) is 5.02 Å². The Bertz CT molecular complexity index is 1320.